The van der Waals surface area contributed by atoms with Crippen LogP contribution >= 0.6 is 0 Å². The van der Waals surface area contributed by atoms with Gasteiger partial charge in [0.2, 0.25) is 10.0 Å². The molecule has 140 valence electrons. The Labute approximate surface area is 151 Å². The maximum atomic E-state index is 12.9. The van der Waals surface area contributed by atoms with Crippen molar-refractivity contribution in [1.29, 1.82) is 0 Å². The van der Waals surface area contributed by atoms with Crippen molar-refractivity contribution in [2.45, 2.75) is 49.5 Å². The first-order chi connectivity index (χ1) is 12.0. The topological polar surface area (TPSA) is 78.5 Å². The van der Waals surface area contributed by atoms with Crippen LogP contribution in [0.1, 0.15) is 48.9 Å². The van der Waals surface area contributed by atoms with Crippen LogP contribution in [0.15, 0.2) is 29.2 Å². The molecule has 2 N–H and O–H groups in total. The zero-order chi connectivity index (χ0) is 18.3. The van der Waals surface area contributed by atoms with Crippen molar-refractivity contribution in [3.63, 3.8) is 0 Å². The van der Waals surface area contributed by atoms with Gasteiger partial charge in [0.1, 0.15) is 0 Å². The fraction of sp³-hybridized carbons (Fsp3) is 0.611. The zero-order valence-electron chi connectivity index (χ0n) is 15.1. The molecule has 6 nitrogen and oxygen atoms in total. The highest BCUT2D eigenvalue weighted by atomic mass is 32.2. The number of nitrogens with one attached hydrogen (secondary N) is 2. The molecule has 1 saturated carbocycles. The van der Waals surface area contributed by atoms with Crippen molar-refractivity contribution in [1.82, 2.24) is 14.9 Å². The molecule has 1 aromatic rings. The lowest BCUT2D eigenvalue weighted by Crippen LogP contribution is -2.38. The van der Waals surface area contributed by atoms with E-state index >= 15 is 0 Å². The van der Waals surface area contributed by atoms with E-state index in [0.29, 0.717) is 12.1 Å². The van der Waals surface area contributed by atoms with Gasteiger partial charge in [-0.1, -0.05) is 25.3 Å². The summed E-state index contributed by atoms with van der Waals surface area (Å²) in [4.78, 5) is 12.4. The number of nitrogens with zero attached hydrogens (tertiary/aromatic N) is 1. The standard InChI is InChI=1S/C18H29N3O3S/c1-19-12-7-13-20-18(22)15-8-6-11-17(14-15)25(23,24)21(2)16-9-4-3-5-10-16/h6,8,11,14,16,19H,3-5,7,9-10,12-13H2,1-2H3,(H,20,22). The molecule has 25 heavy (non-hydrogen) atoms. The van der Waals surface area contributed by atoms with Crippen molar-refractivity contribution < 1.29 is 13.2 Å². The number of carbonyl (C=O) groups excluding carboxylic acids is 1. The van der Waals surface area contributed by atoms with Crippen molar-refractivity contribution in [3.8, 4) is 0 Å². The largest absolute Gasteiger partial charge is 0.352 e. The molecule has 0 saturated heterocycles. The molecule has 0 spiro atoms. The number of carbonyl (C=O) groups is 1. The number of benzene rings is 1. The van der Waals surface area contributed by atoms with Gasteiger partial charge in [0.25, 0.3) is 5.91 Å². The quantitative estimate of drug-likeness (QED) is 0.689. The fourth-order valence-corrected chi connectivity index (χ4v) is 4.64. The Bertz CT molecular complexity index is 670. The lowest BCUT2D eigenvalue weighted by molar-refractivity contribution is 0.0953. The summed E-state index contributed by atoms with van der Waals surface area (Å²) < 4.78 is 27.3. The molecule has 1 aromatic carbocycles. The predicted octanol–water partition coefficient (Wildman–Crippen LogP) is 1.98. The second kappa shape index (κ2) is 9.31. The Hall–Kier alpha value is -1.44. The SMILES string of the molecule is CNCCCNC(=O)c1cccc(S(=O)(=O)N(C)C2CCCCC2)c1. The second-order valence-corrected chi connectivity index (χ2v) is 8.55. The van der Waals surface area contributed by atoms with Gasteiger partial charge in [-0.05, 0) is 51.1 Å². The van der Waals surface area contributed by atoms with Crippen LogP contribution in [0.25, 0.3) is 0 Å². The van der Waals surface area contributed by atoms with Crippen LogP contribution in [-0.2, 0) is 10.0 Å². The van der Waals surface area contributed by atoms with Gasteiger partial charge in [0.05, 0.1) is 4.90 Å². The number of hydrogen-bond donors (Lipinski definition) is 2. The highest BCUT2D eigenvalue weighted by Gasteiger charge is 2.29. The lowest BCUT2D eigenvalue weighted by atomic mass is 9.96. The molecule has 2 rings (SSSR count). The van der Waals surface area contributed by atoms with Crippen molar-refractivity contribution >= 4 is 15.9 Å². The van der Waals surface area contributed by atoms with Crippen LogP contribution in [0, 0.1) is 0 Å². The van der Waals surface area contributed by atoms with Crippen molar-refractivity contribution in [3.05, 3.63) is 29.8 Å². The first-order valence-electron chi connectivity index (χ1n) is 8.97. The van der Waals surface area contributed by atoms with Crippen LogP contribution < -0.4 is 10.6 Å². The Morgan fingerprint density at radius 3 is 2.60 bits per heavy atom. The average molecular weight is 368 g/mol. The van der Waals surface area contributed by atoms with Gasteiger partial charge >= 0.3 is 0 Å². The van der Waals surface area contributed by atoms with E-state index in [1.807, 2.05) is 7.05 Å². The molecule has 1 fully saturated rings. The molecular weight excluding hydrogens is 338 g/mol. The van der Waals surface area contributed by atoms with Crippen LogP contribution in [0.4, 0.5) is 0 Å². The number of hydrogen-bond acceptors (Lipinski definition) is 4. The first kappa shape index (κ1) is 19.9. The molecule has 0 radical (unpaired) electrons. The second-order valence-electron chi connectivity index (χ2n) is 6.55. The minimum atomic E-state index is -3.58. The monoisotopic (exact) mass is 367 g/mol. The minimum Gasteiger partial charge on any atom is -0.352 e. The predicted molar refractivity (Wildman–Crippen MR) is 99.1 cm³/mol. The summed E-state index contributed by atoms with van der Waals surface area (Å²) in [6.07, 6.45) is 5.94. The normalized spacial score (nSPS) is 16.1. The third-order valence-corrected chi connectivity index (χ3v) is 6.66. The van der Waals surface area contributed by atoms with E-state index in [-0.39, 0.29) is 16.8 Å². The van der Waals surface area contributed by atoms with Crippen LogP contribution in [0.5, 0.6) is 0 Å². The van der Waals surface area contributed by atoms with E-state index in [1.165, 1.54) is 16.8 Å². The van der Waals surface area contributed by atoms with Gasteiger partial charge in [0.15, 0.2) is 0 Å². The molecule has 1 aliphatic rings. The highest BCUT2D eigenvalue weighted by molar-refractivity contribution is 7.89. The van der Waals surface area contributed by atoms with Gasteiger partial charge < -0.3 is 10.6 Å². The van der Waals surface area contributed by atoms with Gasteiger partial charge in [-0.25, -0.2) is 8.42 Å². The molecule has 0 heterocycles. The summed E-state index contributed by atoms with van der Waals surface area (Å²) >= 11 is 0. The summed E-state index contributed by atoms with van der Waals surface area (Å²) in [6.45, 7) is 1.37. The molecule has 1 aliphatic carbocycles. The van der Waals surface area contributed by atoms with E-state index in [0.717, 1.165) is 38.6 Å². The van der Waals surface area contributed by atoms with Crippen LogP contribution in [0.2, 0.25) is 0 Å². The van der Waals surface area contributed by atoms with Crippen LogP contribution in [-0.4, -0.2) is 51.9 Å². The van der Waals surface area contributed by atoms with E-state index in [2.05, 4.69) is 10.6 Å². The summed E-state index contributed by atoms with van der Waals surface area (Å²) in [5, 5.41) is 5.84. The highest BCUT2D eigenvalue weighted by Crippen LogP contribution is 2.26. The smallest absolute Gasteiger partial charge is 0.251 e. The zero-order valence-corrected chi connectivity index (χ0v) is 15.9. The van der Waals surface area contributed by atoms with Crippen molar-refractivity contribution in [2.24, 2.45) is 0 Å². The third-order valence-electron chi connectivity index (χ3n) is 4.75. The molecular formula is C18H29N3O3S. The molecule has 0 atom stereocenters. The molecule has 0 aromatic heterocycles. The maximum absolute atomic E-state index is 12.9. The Morgan fingerprint density at radius 2 is 1.92 bits per heavy atom. The van der Waals surface area contributed by atoms with E-state index < -0.39 is 10.0 Å². The van der Waals surface area contributed by atoms with E-state index in [1.54, 1.807) is 25.2 Å². The summed E-state index contributed by atoms with van der Waals surface area (Å²) in [5.41, 5.74) is 0.377. The molecule has 0 bridgehead atoms. The molecule has 1 amide bonds. The maximum Gasteiger partial charge on any atom is 0.251 e. The minimum absolute atomic E-state index is 0.0535. The first-order valence-corrected chi connectivity index (χ1v) is 10.4. The number of rotatable bonds is 8. The molecule has 7 heteroatoms. The molecule has 0 aliphatic heterocycles. The van der Waals surface area contributed by atoms with Gasteiger partial charge in [-0.2, -0.15) is 4.31 Å². The average Bonchev–Trinajstić information content (AvgIpc) is 2.65. The fourth-order valence-electron chi connectivity index (χ4n) is 3.17. The van der Waals surface area contributed by atoms with Gasteiger partial charge in [-0.3, -0.25) is 4.79 Å². The summed E-state index contributed by atoms with van der Waals surface area (Å²) in [5.74, 6) is -0.242. The summed E-state index contributed by atoms with van der Waals surface area (Å²) in [7, 11) is -0.0717. The summed E-state index contributed by atoms with van der Waals surface area (Å²) in [6, 6.07) is 6.36. The molecule has 0 unspecified atom stereocenters. The Morgan fingerprint density at radius 1 is 1.20 bits per heavy atom. The van der Waals surface area contributed by atoms with Gasteiger partial charge in [-0.15, -0.1) is 0 Å². The van der Waals surface area contributed by atoms with Crippen LogP contribution in [0.3, 0.4) is 0 Å². The lowest BCUT2D eigenvalue weighted by Gasteiger charge is -2.30. The third kappa shape index (κ3) is 5.26. The Balaban J connectivity index is 2.09. The van der Waals surface area contributed by atoms with E-state index in [9.17, 15) is 13.2 Å². The Kier molecular flexibility index (Phi) is 7.40. The van der Waals surface area contributed by atoms with Gasteiger partial charge in [0, 0.05) is 25.2 Å². The van der Waals surface area contributed by atoms with Crippen molar-refractivity contribution in [2.75, 3.05) is 27.2 Å². The number of sulfonamides is 1. The van der Waals surface area contributed by atoms with E-state index in [4.69, 9.17) is 0 Å². The number of amides is 1.